The Morgan fingerprint density at radius 2 is 1.78 bits per heavy atom. The highest BCUT2D eigenvalue weighted by Gasteiger charge is 2.26. The molecule has 1 N–H and O–H groups in total. The van der Waals surface area contributed by atoms with Gasteiger partial charge in [-0.15, -0.1) is 23.2 Å². The van der Waals surface area contributed by atoms with Crippen LogP contribution in [0.15, 0.2) is 18.3 Å². The number of nitrogens with one attached hydrogen (secondary N) is 1. The molecule has 0 fully saturated rings. The van der Waals surface area contributed by atoms with Crippen LogP contribution in [-0.2, 0) is 5.41 Å². The third-order valence-electron chi connectivity index (χ3n) is 3.21. The molecule has 0 atom stereocenters. The molecule has 0 saturated carbocycles. The molecule has 1 rings (SSSR count). The predicted octanol–water partition coefficient (Wildman–Crippen LogP) is 4.42. The van der Waals surface area contributed by atoms with Crippen molar-refractivity contribution in [3.63, 3.8) is 0 Å². The zero-order valence-electron chi connectivity index (χ0n) is 11.6. The maximum Gasteiger partial charge on any atom is 0.126 e. The number of anilines is 1. The lowest BCUT2D eigenvalue weighted by Gasteiger charge is -2.30. The van der Waals surface area contributed by atoms with Gasteiger partial charge in [-0.2, -0.15) is 0 Å². The first-order valence-corrected chi connectivity index (χ1v) is 7.30. The highest BCUT2D eigenvalue weighted by atomic mass is 35.5. The number of nitrogens with zero attached hydrogens (tertiary/aromatic N) is 1. The van der Waals surface area contributed by atoms with Gasteiger partial charge in [0.15, 0.2) is 0 Å². The first kappa shape index (κ1) is 15.6. The number of aromatic nitrogens is 1. The summed E-state index contributed by atoms with van der Waals surface area (Å²) in [5, 5.41) is 3.35. The van der Waals surface area contributed by atoms with E-state index in [1.165, 1.54) is 5.56 Å². The molecule has 0 spiro atoms. The second kappa shape index (κ2) is 6.12. The van der Waals surface area contributed by atoms with Crippen LogP contribution in [0.1, 0.15) is 39.7 Å². The summed E-state index contributed by atoms with van der Waals surface area (Å²) >= 11 is 12.0. The molecule has 0 unspecified atom stereocenters. The van der Waals surface area contributed by atoms with E-state index >= 15 is 0 Å². The van der Waals surface area contributed by atoms with Crippen molar-refractivity contribution >= 4 is 29.0 Å². The Kier molecular flexibility index (Phi) is 5.30. The first-order chi connectivity index (χ1) is 8.37. The summed E-state index contributed by atoms with van der Waals surface area (Å²) in [5.74, 6) is 1.76. The smallest absolute Gasteiger partial charge is 0.126 e. The lowest BCUT2D eigenvalue weighted by Crippen LogP contribution is -2.42. The summed E-state index contributed by atoms with van der Waals surface area (Å²) in [6.07, 6.45) is 2.77. The van der Waals surface area contributed by atoms with Crippen LogP contribution in [0.25, 0.3) is 0 Å². The van der Waals surface area contributed by atoms with Crippen molar-refractivity contribution in [2.45, 2.75) is 45.1 Å². The van der Waals surface area contributed by atoms with Gasteiger partial charge >= 0.3 is 0 Å². The van der Waals surface area contributed by atoms with Gasteiger partial charge in [-0.25, -0.2) is 4.98 Å². The predicted molar refractivity (Wildman–Crippen MR) is 81.0 cm³/mol. The molecule has 1 heterocycles. The highest BCUT2D eigenvalue weighted by Crippen LogP contribution is 2.24. The molecule has 4 heteroatoms. The van der Waals surface area contributed by atoms with Crippen LogP contribution in [0.2, 0.25) is 0 Å². The van der Waals surface area contributed by atoms with Gasteiger partial charge in [-0.1, -0.05) is 33.8 Å². The fraction of sp³-hybridized carbons (Fsp3) is 0.643. The summed E-state index contributed by atoms with van der Waals surface area (Å²) in [4.78, 5) is 4.45. The van der Waals surface area contributed by atoms with E-state index in [1.54, 1.807) is 0 Å². The van der Waals surface area contributed by atoms with Gasteiger partial charge in [0, 0.05) is 18.0 Å². The van der Waals surface area contributed by atoms with Crippen LogP contribution in [0, 0.1) is 0 Å². The minimum Gasteiger partial charge on any atom is -0.362 e. The van der Waals surface area contributed by atoms with E-state index < -0.39 is 0 Å². The lowest BCUT2D eigenvalue weighted by atomic mass is 9.88. The van der Waals surface area contributed by atoms with Crippen LogP contribution >= 0.6 is 23.2 Å². The summed E-state index contributed by atoms with van der Waals surface area (Å²) in [6.45, 7) is 8.59. The molecule has 0 aliphatic carbocycles. The summed E-state index contributed by atoms with van der Waals surface area (Å²) in [7, 11) is 0. The first-order valence-electron chi connectivity index (χ1n) is 6.23. The zero-order chi connectivity index (χ0) is 13.8. The Labute approximate surface area is 120 Å². The van der Waals surface area contributed by atoms with E-state index in [0.717, 1.165) is 12.2 Å². The number of pyridine rings is 1. The number of alkyl halides is 2. The molecular weight excluding hydrogens is 267 g/mol. The van der Waals surface area contributed by atoms with Gasteiger partial charge < -0.3 is 5.32 Å². The summed E-state index contributed by atoms with van der Waals surface area (Å²) < 4.78 is 0. The second-order valence-electron chi connectivity index (χ2n) is 5.71. The SMILES string of the molecule is CCC(CCl)(CCl)Nc1ccc(C(C)(C)C)cn1. The van der Waals surface area contributed by atoms with Crippen molar-refractivity contribution in [1.82, 2.24) is 4.98 Å². The standard InChI is InChI=1S/C14H22Cl2N2/c1-5-14(9-15,10-16)18-12-7-6-11(8-17-12)13(2,3)4/h6-8H,5,9-10H2,1-4H3,(H,17,18). The minimum absolute atomic E-state index is 0.117. The molecule has 0 aromatic carbocycles. The number of hydrogen-bond donors (Lipinski definition) is 1. The Bertz CT molecular complexity index is 356. The van der Waals surface area contributed by atoms with Gasteiger partial charge in [0.2, 0.25) is 0 Å². The van der Waals surface area contributed by atoms with Crippen molar-refractivity contribution in [2.75, 3.05) is 17.1 Å². The lowest BCUT2D eigenvalue weighted by molar-refractivity contribution is 0.556. The molecule has 2 nitrogen and oxygen atoms in total. The van der Waals surface area contributed by atoms with Gasteiger partial charge in [-0.3, -0.25) is 0 Å². The average Bonchev–Trinajstić information content (AvgIpc) is 2.36. The Morgan fingerprint density at radius 1 is 1.17 bits per heavy atom. The zero-order valence-corrected chi connectivity index (χ0v) is 13.1. The van der Waals surface area contributed by atoms with E-state index in [-0.39, 0.29) is 11.0 Å². The van der Waals surface area contributed by atoms with E-state index in [2.05, 4.69) is 44.1 Å². The third-order valence-corrected chi connectivity index (χ3v) is 4.23. The number of halogens is 2. The topological polar surface area (TPSA) is 24.9 Å². The molecule has 0 aliphatic heterocycles. The van der Waals surface area contributed by atoms with Crippen molar-refractivity contribution in [2.24, 2.45) is 0 Å². The summed E-state index contributed by atoms with van der Waals surface area (Å²) in [6, 6.07) is 4.09. The quantitative estimate of drug-likeness (QED) is 0.812. The Hall–Kier alpha value is -0.470. The molecule has 18 heavy (non-hydrogen) atoms. The van der Waals surface area contributed by atoms with Crippen molar-refractivity contribution < 1.29 is 0 Å². The maximum absolute atomic E-state index is 6.00. The Balaban J connectivity index is 2.86. The van der Waals surface area contributed by atoms with E-state index in [9.17, 15) is 0 Å². The van der Waals surface area contributed by atoms with Gasteiger partial charge in [-0.05, 0) is 23.5 Å². The van der Waals surface area contributed by atoms with Crippen LogP contribution in [0.5, 0.6) is 0 Å². The van der Waals surface area contributed by atoms with Crippen LogP contribution in [0.4, 0.5) is 5.82 Å². The average molecular weight is 289 g/mol. The van der Waals surface area contributed by atoms with Crippen LogP contribution in [0.3, 0.4) is 0 Å². The van der Waals surface area contributed by atoms with Crippen molar-refractivity contribution in [1.29, 1.82) is 0 Å². The second-order valence-corrected chi connectivity index (χ2v) is 6.24. The fourth-order valence-electron chi connectivity index (χ4n) is 1.56. The van der Waals surface area contributed by atoms with Gasteiger partial charge in [0.1, 0.15) is 5.82 Å². The molecule has 1 aromatic rings. The Morgan fingerprint density at radius 3 is 2.11 bits per heavy atom. The fourth-order valence-corrected chi connectivity index (χ4v) is 2.36. The largest absolute Gasteiger partial charge is 0.362 e. The summed E-state index contributed by atoms with van der Waals surface area (Å²) in [5.41, 5.74) is 1.05. The van der Waals surface area contributed by atoms with E-state index in [1.807, 2.05) is 12.3 Å². The molecule has 0 saturated heterocycles. The monoisotopic (exact) mass is 288 g/mol. The maximum atomic E-state index is 6.00. The van der Waals surface area contributed by atoms with E-state index in [0.29, 0.717) is 11.8 Å². The molecule has 102 valence electrons. The normalized spacial score (nSPS) is 12.6. The molecule has 1 aromatic heterocycles. The molecule has 0 amide bonds. The van der Waals surface area contributed by atoms with Crippen molar-refractivity contribution in [3.05, 3.63) is 23.9 Å². The van der Waals surface area contributed by atoms with Gasteiger partial charge in [0.05, 0.1) is 5.54 Å². The van der Waals surface area contributed by atoms with Crippen molar-refractivity contribution in [3.8, 4) is 0 Å². The van der Waals surface area contributed by atoms with Gasteiger partial charge in [0.25, 0.3) is 0 Å². The molecule has 0 aliphatic rings. The van der Waals surface area contributed by atoms with Crippen LogP contribution < -0.4 is 5.32 Å². The highest BCUT2D eigenvalue weighted by molar-refractivity contribution is 6.22. The number of rotatable bonds is 5. The molecule has 0 radical (unpaired) electrons. The van der Waals surface area contributed by atoms with E-state index in [4.69, 9.17) is 23.2 Å². The van der Waals surface area contributed by atoms with Crippen LogP contribution in [-0.4, -0.2) is 22.3 Å². The number of hydrogen-bond acceptors (Lipinski definition) is 2. The molecule has 0 bridgehead atoms. The minimum atomic E-state index is -0.278. The molecular formula is C14H22Cl2N2. The third kappa shape index (κ3) is 3.76.